The molecule has 0 aliphatic carbocycles. The molecule has 0 radical (unpaired) electrons. The molecule has 1 unspecified atom stereocenters. The van der Waals surface area contributed by atoms with Crippen LogP contribution in [0.5, 0.6) is 0 Å². The minimum absolute atomic E-state index is 0.259. The first-order valence-electron chi connectivity index (χ1n) is 12.7. The molecule has 4 aromatic rings. The Morgan fingerprint density at radius 2 is 1.84 bits per heavy atom. The van der Waals surface area contributed by atoms with E-state index in [4.69, 9.17) is 15.3 Å². The van der Waals surface area contributed by atoms with E-state index in [0.29, 0.717) is 34.9 Å². The van der Waals surface area contributed by atoms with Crippen molar-refractivity contribution in [1.82, 2.24) is 29.5 Å². The predicted molar refractivity (Wildman–Crippen MR) is 147 cm³/mol. The van der Waals surface area contributed by atoms with Gasteiger partial charge in [-0.15, -0.1) is 5.10 Å². The molecule has 3 aromatic heterocycles. The number of furan rings is 1. The maximum atomic E-state index is 9.73. The summed E-state index contributed by atoms with van der Waals surface area (Å²) in [5, 5.41) is 19.5. The molecule has 5 heterocycles. The summed E-state index contributed by atoms with van der Waals surface area (Å²) in [6, 6.07) is 11.4. The van der Waals surface area contributed by atoms with E-state index < -0.39 is 0 Å². The highest BCUT2D eigenvalue weighted by atomic mass is 32.2. The fourth-order valence-electron chi connectivity index (χ4n) is 5.25. The number of piperazine rings is 1. The Bertz CT molecular complexity index is 1360. The third-order valence-corrected chi connectivity index (χ3v) is 7.60. The number of nitrogens with zero attached hydrogens (tertiary/aromatic N) is 9. The average Bonchev–Trinajstić information content (AvgIpc) is 3.64. The van der Waals surface area contributed by atoms with Crippen LogP contribution in [0.15, 0.2) is 47.1 Å². The van der Waals surface area contributed by atoms with Crippen molar-refractivity contribution in [3.63, 3.8) is 0 Å². The molecule has 2 fully saturated rings. The smallest absolute Gasteiger partial charge is 0.259 e. The van der Waals surface area contributed by atoms with Crippen molar-refractivity contribution in [3.05, 3.63) is 42.7 Å². The molecular formula is C24H31N11O2S. The van der Waals surface area contributed by atoms with E-state index in [2.05, 4.69) is 34.8 Å². The number of rotatable bonds is 7. The van der Waals surface area contributed by atoms with E-state index >= 15 is 0 Å². The van der Waals surface area contributed by atoms with Gasteiger partial charge in [0.2, 0.25) is 17.7 Å². The highest BCUT2D eigenvalue weighted by Gasteiger charge is 2.27. The van der Waals surface area contributed by atoms with E-state index in [0.717, 1.165) is 74.5 Å². The summed E-state index contributed by atoms with van der Waals surface area (Å²) in [5.74, 6) is 2.80. The second-order valence-corrected chi connectivity index (χ2v) is 10.2. The fraction of sp³-hybridized carbons (Fsp3) is 0.417. The van der Waals surface area contributed by atoms with Crippen molar-refractivity contribution in [3.8, 4) is 11.6 Å². The average molecular weight is 538 g/mol. The number of fused-ring (bicyclic) bond motifs is 1. The van der Waals surface area contributed by atoms with Gasteiger partial charge < -0.3 is 20.0 Å². The Kier molecular flexibility index (Phi) is 6.93. The molecule has 1 aromatic carbocycles. The van der Waals surface area contributed by atoms with Gasteiger partial charge in [-0.05, 0) is 55.2 Å². The Labute approximate surface area is 224 Å². The molecule has 2 aliphatic heterocycles. The van der Waals surface area contributed by atoms with Crippen LogP contribution in [0.4, 0.5) is 23.3 Å². The molecule has 0 spiro atoms. The summed E-state index contributed by atoms with van der Waals surface area (Å²) in [6.45, 7) is 6.76. The minimum Gasteiger partial charge on any atom is -0.461 e. The summed E-state index contributed by atoms with van der Waals surface area (Å²) in [6.07, 6.45) is 3.85. The van der Waals surface area contributed by atoms with Crippen LogP contribution >= 0.6 is 12.1 Å². The number of anilines is 4. The normalized spacial score (nSPS) is 18.8. The zero-order chi connectivity index (χ0) is 26.1. The lowest BCUT2D eigenvalue weighted by atomic mass is 9.97. The van der Waals surface area contributed by atoms with Gasteiger partial charge in [0.15, 0.2) is 5.76 Å². The van der Waals surface area contributed by atoms with Crippen LogP contribution in [0.2, 0.25) is 0 Å². The third kappa shape index (κ3) is 5.07. The number of hydrogen-bond acceptors (Lipinski definition) is 13. The largest absolute Gasteiger partial charge is 0.461 e. The predicted octanol–water partition coefficient (Wildman–Crippen LogP) is 2.12. The monoisotopic (exact) mass is 537 g/mol. The van der Waals surface area contributed by atoms with Gasteiger partial charge in [-0.1, -0.05) is 0 Å². The van der Waals surface area contributed by atoms with E-state index in [1.807, 2.05) is 24.3 Å². The first-order valence-corrected chi connectivity index (χ1v) is 13.5. The molecule has 2 saturated heterocycles. The van der Waals surface area contributed by atoms with Crippen LogP contribution in [0.25, 0.3) is 17.4 Å². The number of piperidine rings is 1. The molecule has 0 amide bonds. The van der Waals surface area contributed by atoms with Crippen molar-refractivity contribution in [2.75, 3.05) is 65.8 Å². The summed E-state index contributed by atoms with van der Waals surface area (Å²) in [5.41, 5.74) is 8.04. The molecule has 0 saturated carbocycles. The maximum absolute atomic E-state index is 9.73. The highest BCUT2D eigenvalue weighted by Crippen LogP contribution is 2.26. The lowest BCUT2D eigenvalue weighted by Crippen LogP contribution is -2.49. The standard InChI is InChI=1S/C24H31N11O2S/c25-22-28-23(29-24-27-21(30-34(22)24)20-4-2-14-37-20)33-9-1-3-17(16-33)15-31-10-12-32(13-11-31)18-5-7-19(8-6-18)35(36)38-26/h2,4-8,14,17,36H,1,3,9-13,15-16,26H2,(H2,25,27,28,29,30). The zero-order valence-electron chi connectivity index (χ0n) is 20.9. The van der Waals surface area contributed by atoms with Gasteiger partial charge in [0.05, 0.1) is 24.1 Å². The molecule has 13 nitrogen and oxygen atoms in total. The van der Waals surface area contributed by atoms with Gasteiger partial charge in [0.1, 0.15) is 0 Å². The molecule has 1 atom stereocenters. The van der Waals surface area contributed by atoms with Gasteiger partial charge in [-0.3, -0.25) is 15.2 Å². The first kappa shape index (κ1) is 24.7. The van der Waals surface area contributed by atoms with Crippen molar-refractivity contribution in [2.45, 2.75) is 12.8 Å². The molecule has 200 valence electrons. The Hall–Kier alpha value is -3.59. The lowest BCUT2D eigenvalue weighted by Gasteiger charge is -2.40. The summed E-state index contributed by atoms with van der Waals surface area (Å²) < 4.78 is 7.82. The van der Waals surface area contributed by atoms with Gasteiger partial charge in [0, 0.05) is 51.5 Å². The molecule has 14 heteroatoms. The number of nitrogen functional groups attached to an aromatic ring is 1. The van der Waals surface area contributed by atoms with Crippen molar-refractivity contribution in [1.29, 1.82) is 0 Å². The Morgan fingerprint density at radius 3 is 2.58 bits per heavy atom. The van der Waals surface area contributed by atoms with E-state index in [1.165, 1.54) is 10.9 Å². The van der Waals surface area contributed by atoms with Crippen LogP contribution in [0.3, 0.4) is 0 Å². The quantitative estimate of drug-likeness (QED) is 0.233. The zero-order valence-corrected chi connectivity index (χ0v) is 21.7. The third-order valence-electron chi connectivity index (χ3n) is 7.19. The van der Waals surface area contributed by atoms with Gasteiger partial charge in [0.25, 0.3) is 5.78 Å². The van der Waals surface area contributed by atoms with Gasteiger partial charge in [-0.25, -0.2) is 0 Å². The minimum atomic E-state index is 0.259. The van der Waals surface area contributed by atoms with E-state index in [-0.39, 0.29) is 5.95 Å². The molecule has 38 heavy (non-hydrogen) atoms. The number of aromatic nitrogens is 5. The van der Waals surface area contributed by atoms with Crippen LogP contribution in [0, 0.1) is 5.92 Å². The van der Waals surface area contributed by atoms with E-state index in [1.54, 1.807) is 18.4 Å². The Morgan fingerprint density at radius 1 is 1.03 bits per heavy atom. The summed E-state index contributed by atoms with van der Waals surface area (Å²) in [4.78, 5) is 20.9. The topological polar surface area (TPSA) is 154 Å². The lowest BCUT2D eigenvalue weighted by molar-refractivity contribution is 0.205. The second-order valence-electron chi connectivity index (χ2n) is 9.64. The number of hydrogen-bond donors (Lipinski definition) is 3. The highest BCUT2D eigenvalue weighted by molar-refractivity contribution is 7.98. The first-order chi connectivity index (χ1) is 18.6. The van der Waals surface area contributed by atoms with Crippen molar-refractivity contribution < 1.29 is 9.62 Å². The molecule has 2 aliphatic rings. The van der Waals surface area contributed by atoms with Crippen LogP contribution < -0.4 is 25.1 Å². The van der Waals surface area contributed by atoms with E-state index in [9.17, 15) is 5.21 Å². The summed E-state index contributed by atoms with van der Waals surface area (Å²) >= 11 is 0.777. The van der Waals surface area contributed by atoms with Gasteiger partial charge in [-0.2, -0.15) is 23.9 Å². The van der Waals surface area contributed by atoms with Crippen LogP contribution in [-0.2, 0) is 0 Å². The van der Waals surface area contributed by atoms with Crippen molar-refractivity contribution >= 4 is 41.2 Å². The van der Waals surface area contributed by atoms with Gasteiger partial charge >= 0.3 is 0 Å². The van der Waals surface area contributed by atoms with Crippen molar-refractivity contribution in [2.24, 2.45) is 11.1 Å². The maximum Gasteiger partial charge on any atom is 0.259 e. The summed E-state index contributed by atoms with van der Waals surface area (Å²) in [7, 11) is 0. The second kappa shape index (κ2) is 10.6. The SMILES string of the molecule is NSN(O)c1ccc(N2CCN(CC3CCCN(c4nc(N)n5nc(-c6ccco6)nc5n4)C3)CC2)cc1. The molecule has 0 bridgehead atoms. The molecule has 5 N–H and O–H groups in total. The fourth-order valence-corrected chi connectivity index (χ4v) is 5.49. The van der Waals surface area contributed by atoms with Crippen LogP contribution in [-0.4, -0.2) is 80.5 Å². The molecular weight excluding hydrogens is 506 g/mol. The number of benzene rings is 1. The number of nitrogens with two attached hydrogens (primary N) is 2. The molecule has 6 rings (SSSR count). The Balaban J connectivity index is 1.06. The van der Waals surface area contributed by atoms with Crippen LogP contribution in [0.1, 0.15) is 12.8 Å².